The van der Waals surface area contributed by atoms with Crippen LogP contribution < -0.4 is 5.32 Å². The molecule has 0 spiro atoms. The quantitative estimate of drug-likeness (QED) is 0.694. The highest BCUT2D eigenvalue weighted by Gasteiger charge is 2.12. The van der Waals surface area contributed by atoms with Crippen molar-refractivity contribution in [2.24, 2.45) is 0 Å². The third-order valence-corrected chi connectivity index (χ3v) is 3.01. The predicted octanol–water partition coefficient (Wildman–Crippen LogP) is 1.26. The molecule has 2 N–H and O–H groups in total. The van der Waals surface area contributed by atoms with E-state index >= 15 is 0 Å². The maximum atomic E-state index is 9.07. The number of nitrogens with zero attached hydrogens (tertiary/aromatic N) is 2. The molecule has 0 saturated heterocycles. The third kappa shape index (κ3) is 5.58. The van der Waals surface area contributed by atoms with Crippen LogP contribution >= 0.6 is 0 Å². The Morgan fingerprint density at radius 3 is 2.78 bits per heavy atom. The van der Waals surface area contributed by atoms with Gasteiger partial charge in [-0.2, -0.15) is 0 Å². The molecule has 0 amide bonds. The number of aromatic nitrogens is 1. The molecule has 1 aromatic rings. The van der Waals surface area contributed by atoms with Gasteiger partial charge in [0.2, 0.25) is 0 Å². The Morgan fingerprint density at radius 2 is 2.22 bits per heavy atom. The highest BCUT2D eigenvalue weighted by atomic mass is 16.3. The van der Waals surface area contributed by atoms with Crippen molar-refractivity contribution in [3.63, 3.8) is 0 Å². The minimum Gasteiger partial charge on any atom is -0.396 e. The van der Waals surface area contributed by atoms with Gasteiger partial charge in [0.05, 0.1) is 5.69 Å². The monoisotopic (exact) mass is 251 g/mol. The number of likely N-dealkylation sites (N-methyl/N-ethyl adjacent to an activating group) is 2. The number of hydrogen-bond acceptors (Lipinski definition) is 4. The van der Waals surface area contributed by atoms with Crippen molar-refractivity contribution in [3.8, 4) is 0 Å². The lowest BCUT2D eigenvalue weighted by Gasteiger charge is -2.26. The number of nitrogens with one attached hydrogen (secondary N) is 1. The van der Waals surface area contributed by atoms with E-state index < -0.39 is 0 Å². The van der Waals surface area contributed by atoms with E-state index in [0.29, 0.717) is 6.04 Å². The standard InChI is InChI=1S/C14H25N3O/c1-3-15-14(8-10-18)12-17(4-2)11-13-7-5-6-9-16-13/h5-7,9,14-15,18H,3-4,8,10-12H2,1-2H3. The lowest BCUT2D eigenvalue weighted by atomic mass is 10.2. The molecule has 1 unspecified atom stereocenters. The Kier molecular flexibility index (Phi) is 7.57. The lowest BCUT2D eigenvalue weighted by Crippen LogP contribution is -2.41. The second-order valence-electron chi connectivity index (χ2n) is 4.42. The SMILES string of the molecule is CCNC(CCO)CN(CC)Cc1ccccn1. The van der Waals surface area contributed by atoms with Gasteiger partial charge in [0.1, 0.15) is 0 Å². The smallest absolute Gasteiger partial charge is 0.0543 e. The molecule has 4 nitrogen and oxygen atoms in total. The summed E-state index contributed by atoms with van der Waals surface area (Å²) < 4.78 is 0. The average Bonchev–Trinajstić information content (AvgIpc) is 2.39. The van der Waals surface area contributed by atoms with Gasteiger partial charge >= 0.3 is 0 Å². The minimum atomic E-state index is 0.235. The number of rotatable bonds is 9. The molecule has 0 bridgehead atoms. The van der Waals surface area contributed by atoms with Crippen LogP contribution in [-0.2, 0) is 6.54 Å². The summed E-state index contributed by atoms with van der Waals surface area (Å²) in [6.07, 6.45) is 2.63. The van der Waals surface area contributed by atoms with Crippen molar-refractivity contribution in [2.45, 2.75) is 32.9 Å². The van der Waals surface area contributed by atoms with Crippen LogP contribution in [0.3, 0.4) is 0 Å². The summed E-state index contributed by atoms with van der Waals surface area (Å²) in [6, 6.07) is 6.36. The fourth-order valence-corrected chi connectivity index (χ4v) is 2.04. The van der Waals surface area contributed by atoms with Crippen molar-refractivity contribution in [3.05, 3.63) is 30.1 Å². The van der Waals surface area contributed by atoms with E-state index in [1.165, 1.54) is 0 Å². The zero-order chi connectivity index (χ0) is 13.2. The molecule has 0 aliphatic carbocycles. The Bertz CT molecular complexity index is 299. The van der Waals surface area contributed by atoms with Gasteiger partial charge in [-0.1, -0.05) is 19.9 Å². The molecule has 0 aromatic carbocycles. The van der Waals surface area contributed by atoms with Crippen LogP contribution in [0, 0.1) is 0 Å². The Hall–Kier alpha value is -0.970. The van der Waals surface area contributed by atoms with Crippen molar-refractivity contribution < 1.29 is 5.11 Å². The van der Waals surface area contributed by atoms with Gasteiger partial charge in [-0.25, -0.2) is 0 Å². The second-order valence-corrected chi connectivity index (χ2v) is 4.42. The summed E-state index contributed by atoms with van der Waals surface area (Å²) in [4.78, 5) is 6.71. The van der Waals surface area contributed by atoms with Crippen LogP contribution in [0.15, 0.2) is 24.4 Å². The molecular formula is C14H25N3O. The van der Waals surface area contributed by atoms with E-state index in [1.807, 2.05) is 18.3 Å². The zero-order valence-corrected chi connectivity index (χ0v) is 11.5. The Morgan fingerprint density at radius 1 is 1.39 bits per heavy atom. The Balaban J connectivity index is 2.49. The van der Waals surface area contributed by atoms with Crippen LogP contribution in [0.4, 0.5) is 0 Å². The second kappa shape index (κ2) is 9.03. The first kappa shape index (κ1) is 15.1. The van der Waals surface area contributed by atoms with Gasteiger partial charge < -0.3 is 10.4 Å². The van der Waals surface area contributed by atoms with Crippen LogP contribution in [-0.4, -0.2) is 47.3 Å². The van der Waals surface area contributed by atoms with E-state index in [-0.39, 0.29) is 6.61 Å². The summed E-state index contributed by atoms with van der Waals surface area (Å²) >= 11 is 0. The van der Waals surface area contributed by atoms with Crippen molar-refractivity contribution >= 4 is 0 Å². The third-order valence-electron chi connectivity index (χ3n) is 3.01. The largest absolute Gasteiger partial charge is 0.396 e. The molecular weight excluding hydrogens is 226 g/mol. The molecule has 4 heteroatoms. The van der Waals surface area contributed by atoms with Gasteiger partial charge in [0.15, 0.2) is 0 Å². The van der Waals surface area contributed by atoms with Crippen molar-refractivity contribution in [2.75, 3.05) is 26.2 Å². The van der Waals surface area contributed by atoms with Gasteiger partial charge in [-0.15, -0.1) is 0 Å². The lowest BCUT2D eigenvalue weighted by molar-refractivity contribution is 0.208. The van der Waals surface area contributed by atoms with E-state index in [9.17, 15) is 0 Å². The number of pyridine rings is 1. The fraction of sp³-hybridized carbons (Fsp3) is 0.643. The molecule has 1 heterocycles. The fourth-order valence-electron chi connectivity index (χ4n) is 2.04. The highest BCUT2D eigenvalue weighted by Crippen LogP contribution is 2.03. The molecule has 1 rings (SSSR count). The molecule has 1 aromatic heterocycles. The van der Waals surface area contributed by atoms with E-state index in [2.05, 4.69) is 35.1 Å². The molecule has 0 radical (unpaired) electrons. The van der Waals surface area contributed by atoms with Crippen molar-refractivity contribution in [1.82, 2.24) is 15.2 Å². The highest BCUT2D eigenvalue weighted by molar-refractivity contribution is 5.03. The number of hydrogen-bond donors (Lipinski definition) is 2. The number of aliphatic hydroxyl groups is 1. The zero-order valence-electron chi connectivity index (χ0n) is 11.5. The van der Waals surface area contributed by atoms with Crippen molar-refractivity contribution in [1.29, 1.82) is 0 Å². The molecule has 0 aliphatic heterocycles. The first-order valence-electron chi connectivity index (χ1n) is 6.76. The van der Waals surface area contributed by atoms with Gasteiger partial charge in [-0.05, 0) is 31.6 Å². The Labute approximate surface area is 110 Å². The molecule has 18 heavy (non-hydrogen) atoms. The summed E-state index contributed by atoms with van der Waals surface area (Å²) in [5.74, 6) is 0. The van der Waals surface area contributed by atoms with Crippen LogP contribution in [0.2, 0.25) is 0 Å². The normalized spacial score (nSPS) is 12.9. The first-order valence-corrected chi connectivity index (χ1v) is 6.76. The first-order chi connectivity index (χ1) is 8.80. The average molecular weight is 251 g/mol. The molecule has 0 fully saturated rings. The maximum absolute atomic E-state index is 9.07. The maximum Gasteiger partial charge on any atom is 0.0543 e. The predicted molar refractivity (Wildman–Crippen MR) is 74.4 cm³/mol. The van der Waals surface area contributed by atoms with E-state index in [1.54, 1.807) is 0 Å². The summed E-state index contributed by atoms with van der Waals surface area (Å²) in [5, 5.41) is 12.5. The van der Waals surface area contributed by atoms with Gasteiger partial charge in [-0.3, -0.25) is 9.88 Å². The summed E-state index contributed by atoms with van der Waals surface area (Å²) in [7, 11) is 0. The molecule has 102 valence electrons. The number of aliphatic hydroxyl groups excluding tert-OH is 1. The topological polar surface area (TPSA) is 48.4 Å². The van der Waals surface area contributed by atoms with Gasteiger partial charge in [0, 0.05) is 31.9 Å². The minimum absolute atomic E-state index is 0.235. The summed E-state index contributed by atoms with van der Waals surface area (Å²) in [6.45, 7) is 8.23. The van der Waals surface area contributed by atoms with E-state index in [0.717, 1.165) is 38.3 Å². The van der Waals surface area contributed by atoms with Crippen LogP contribution in [0.5, 0.6) is 0 Å². The molecule has 1 atom stereocenters. The van der Waals surface area contributed by atoms with Crippen LogP contribution in [0.25, 0.3) is 0 Å². The summed E-state index contributed by atoms with van der Waals surface area (Å²) in [5.41, 5.74) is 1.10. The molecule has 0 saturated carbocycles. The van der Waals surface area contributed by atoms with E-state index in [4.69, 9.17) is 5.11 Å². The van der Waals surface area contributed by atoms with Gasteiger partial charge in [0.25, 0.3) is 0 Å². The van der Waals surface area contributed by atoms with Crippen LogP contribution in [0.1, 0.15) is 26.0 Å². The molecule has 0 aliphatic rings.